The first kappa shape index (κ1) is 9.24. The van der Waals surface area contributed by atoms with Crippen molar-refractivity contribution >= 4 is 11.7 Å². The van der Waals surface area contributed by atoms with Crippen LogP contribution in [0.4, 0.5) is 4.79 Å². The van der Waals surface area contributed by atoms with E-state index in [-0.39, 0.29) is 0 Å². The number of hydrazone groups is 1. The Morgan fingerprint density at radius 2 is 2.62 bits per heavy atom. The van der Waals surface area contributed by atoms with Crippen LogP contribution in [0, 0.1) is 0 Å². The number of H-pyrrole nitrogens is 1. The smallest absolute Gasteiger partial charge is 0.332 e. The molecule has 1 aromatic rings. The maximum absolute atomic E-state index is 10.4. The molecule has 0 aliphatic rings. The number of hydrogen-bond acceptors (Lipinski definition) is 3. The number of primary amides is 1. The lowest BCUT2D eigenvalue weighted by atomic mass is 10.2. The van der Waals surface area contributed by atoms with E-state index in [1.807, 2.05) is 6.92 Å². The van der Waals surface area contributed by atoms with Gasteiger partial charge in [0.15, 0.2) is 0 Å². The zero-order valence-corrected chi connectivity index (χ0v) is 7.24. The SMILES string of the molecule is CC/C(=N/NC(N)=O)c1ccn[nH]1. The number of nitrogens with two attached hydrogens (primary N) is 1. The number of nitrogens with zero attached hydrogens (tertiary/aromatic N) is 2. The summed E-state index contributed by atoms with van der Waals surface area (Å²) >= 11 is 0. The molecule has 0 fully saturated rings. The molecule has 0 radical (unpaired) electrons. The minimum absolute atomic E-state index is 0.675. The highest BCUT2D eigenvalue weighted by Gasteiger charge is 2.01. The van der Waals surface area contributed by atoms with Gasteiger partial charge in [-0.3, -0.25) is 5.10 Å². The zero-order chi connectivity index (χ0) is 9.68. The molecule has 0 saturated heterocycles. The Morgan fingerprint density at radius 1 is 1.85 bits per heavy atom. The molecule has 13 heavy (non-hydrogen) atoms. The second-order valence-corrected chi connectivity index (χ2v) is 2.36. The van der Waals surface area contributed by atoms with Gasteiger partial charge in [-0.2, -0.15) is 10.2 Å². The lowest BCUT2D eigenvalue weighted by Crippen LogP contribution is -2.26. The summed E-state index contributed by atoms with van der Waals surface area (Å²) in [5, 5.41) is 10.3. The fourth-order valence-electron chi connectivity index (χ4n) is 0.869. The average molecular weight is 181 g/mol. The molecule has 0 spiro atoms. The number of carbonyl (C=O) groups is 1. The first-order valence-corrected chi connectivity index (χ1v) is 3.85. The largest absolute Gasteiger partial charge is 0.350 e. The van der Waals surface area contributed by atoms with Gasteiger partial charge in [-0.25, -0.2) is 10.2 Å². The standard InChI is InChI=1S/C7H11N5O/c1-2-5(11-12-7(8)13)6-3-4-9-10-6/h3-4H,2H2,1H3,(H,9,10)(H3,8,12,13)/b11-5-. The quantitative estimate of drug-likeness (QED) is 0.458. The van der Waals surface area contributed by atoms with Crippen LogP contribution in [0.2, 0.25) is 0 Å². The molecule has 0 bridgehead atoms. The molecule has 1 aromatic heterocycles. The van der Waals surface area contributed by atoms with E-state index in [9.17, 15) is 4.79 Å². The molecule has 6 heteroatoms. The Hall–Kier alpha value is -1.85. The summed E-state index contributed by atoms with van der Waals surface area (Å²) in [5.74, 6) is 0. The normalized spacial score (nSPS) is 11.3. The van der Waals surface area contributed by atoms with Crippen molar-refractivity contribution in [3.63, 3.8) is 0 Å². The molecular formula is C7H11N5O. The number of nitrogens with one attached hydrogen (secondary N) is 2. The maximum atomic E-state index is 10.4. The van der Waals surface area contributed by atoms with E-state index in [1.54, 1.807) is 12.3 Å². The van der Waals surface area contributed by atoms with Gasteiger partial charge >= 0.3 is 6.03 Å². The lowest BCUT2D eigenvalue weighted by Gasteiger charge is -1.99. The minimum atomic E-state index is -0.675. The van der Waals surface area contributed by atoms with Crippen LogP contribution in [-0.4, -0.2) is 21.9 Å². The molecule has 0 saturated carbocycles. The molecule has 0 aromatic carbocycles. The van der Waals surface area contributed by atoms with Gasteiger partial charge in [0.2, 0.25) is 0 Å². The van der Waals surface area contributed by atoms with Crippen LogP contribution < -0.4 is 11.2 Å². The van der Waals surface area contributed by atoms with E-state index in [0.717, 1.165) is 5.69 Å². The van der Waals surface area contributed by atoms with E-state index < -0.39 is 6.03 Å². The highest BCUT2D eigenvalue weighted by Crippen LogP contribution is 1.98. The molecule has 4 N–H and O–H groups in total. The Bertz CT molecular complexity index is 303. The van der Waals surface area contributed by atoms with Crippen molar-refractivity contribution in [3.05, 3.63) is 18.0 Å². The van der Waals surface area contributed by atoms with Gasteiger partial charge in [-0.1, -0.05) is 6.92 Å². The number of aromatic nitrogens is 2. The summed E-state index contributed by atoms with van der Waals surface area (Å²) < 4.78 is 0. The van der Waals surface area contributed by atoms with Crippen molar-refractivity contribution in [1.29, 1.82) is 0 Å². The Balaban J connectivity index is 2.73. The van der Waals surface area contributed by atoms with Crippen molar-refractivity contribution in [2.75, 3.05) is 0 Å². The third-order valence-electron chi connectivity index (χ3n) is 1.45. The molecule has 70 valence electrons. The summed E-state index contributed by atoms with van der Waals surface area (Å²) in [6, 6.07) is 1.09. The fourth-order valence-corrected chi connectivity index (χ4v) is 0.869. The second-order valence-electron chi connectivity index (χ2n) is 2.36. The van der Waals surface area contributed by atoms with Crippen molar-refractivity contribution < 1.29 is 4.79 Å². The van der Waals surface area contributed by atoms with Gasteiger partial charge in [0.1, 0.15) is 0 Å². The average Bonchev–Trinajstić information content (AvgIpc) is 2.58. The van der Waals surface area contributed by atoms with Crippen LogP contribution in [0.5, 0.6) is 0 Å². The van der Waals surface area contributed by atoms with Gasteiger partial charge < -0.3 is 5.73 Å². The Kier molecular flexibility index (Phi) is 3.02. The molecular weight excluding hydrogens is 170 g/mol. The predicted molar refractivity (Wildman–Crippen MR) is 48.1 cm³/mol. The first-order valence-electron chi connectivity index (χ1n) is 3.85. The van der Waals surface area contributed by atoms with E-state index in [4.69, 9.17) is 5.73 Å². The summed E-state index contributed by atoms with van der Waals surface area (Å²) in [7, 11) is 0. The van der Waals surface area contributed by atoms with Gasteiger partial charge in [-0.15, -0.1) is 0 Å². The fraction of sp³-hybridized carbons (Fsp3) is 0.286. The zero-order valence-electron chi connectivity index (χ0n) is 7.24. The maximum Gasteiger partial charge on any atom is 0.332 e. The number of hydrogen-bond donors (Lipinski definition) is 3. The van der Waals surface area contributed by atoms with Gasteiger partial charge in [0, 0.05) is 6.20 Å². The highest BCUT2D eigenvalue weighted by atomic mass is 16.2. The summed E-state index contributed by atoms with van der Waals surface area (Å²) in [6.07, 6.45) is 2.30. The first-order chi connectivity index (χ1) is 6.24. The summed E-state index contributed by atoms with van der Waals surface area (Å²) in [4.78, 5) is 10.4. The lowest BCUT2D eigenvalue weighted by molar-refractivity contribution is 0.249. The Morgan fingerprint density at radius 3 is 3.08 bits per heavy atom. The van der Waals surface area contributed by atoms with Crippen LogP contribution in [0.1, 0.15) is 19.0 Å². The highest BCUT2D eigenvalue weighted by molar-refractivity contribution is 5.99. The number of carbonyl (C=O) groups excluding carboxylic acids is 1. The van der Waals surface area contributed by atoms with E-state index >= 15 is 0 Å². The summed E-state index contributed by atoms with van der Waals surface area (Å²) in [6.45, 7) is 1.92. The van der Waals surface area contributed by atoms with E-state index in [1.165, 1.54) is 0 Å². The predicted octanol–water partition coefficient (Wildman–Crippen LogP) is 0.192. The van der Waals surface area contributed by atoms with Crippen LogP contribution in [0.3, 0.4) is 0 Å². The van der Waals surface area contributed by atoms with Gasteiger partial charge in [0.25, 0.3) is 0 Å². The topological polar surface area (TPSA) is 96.2 Å². The number of amides is 2. The molecule has 2 amide bonds. The van der Waals surface area contributed by atoms with Gasteiger partial charge in [0.05, 0.1) is 11.4 Å². The number of rotatable bonds is 3. The van der Waals surface area contributed by atoms with Crippen molar-refractivity contribution in [3.8, 4) is 0 Å². The van der Waals surface area contributed by atoms with E-state index in [0.29, 0.717) is 12.1 Å². The van der Waals surface area contributed by atoms with Crippen molar-refractivity contribution in [2.45, 2.75) is 13.3 Å². The molecule has 0 atom stereocenters. The summed E-state index contributed by atoms with van der Waals surface area (Å²) in [5.41, 5.74) is 8.51. The van der Waals surface area contributed by atoms with Crippen LogP contribution in [0.25, 0.3) is 0 Å². The third-order valence-corrected chi connectivity index (χ3v) is 1.45. The minimum Gasteiger partial charge on any atom is -0.350 e. The number of aromatic amines is 1. The molecule has 0 aliphatic heterocycles. The molecule has 0 aliphatic carbocycles. The van der Waals surface area contributed by atoms with Crippen LogP contribution in [0.15, 0.2) is 17.4 Å². The second kappa shape index (κ2) is 4.24. The molecule has 0 unspecified atom stereocenters. The monoisotopic (exact) mass is 181 g/mol. The van der Waals surface area contributed by atoms with Crippen molar-refractivity contribution in [2.24, 2.45) is 10.8 Å². The molecule has 6 nitrogen and oxygen atoms in total. The molecule has 1 rings (SSSR count). The Labute approximate surface area is 75.2 Å². The third kappa shape index (κ3) is 2.58. The van der Waals surface area contributed by atoms with Gasteiger partial charge in [-0.05, 0) is 12.5 Å². The van der Waals surface area contributed by atoms with Crippen LogP contribution >= 0.6 is 0 Å². The van der Waals surface area contributed by atoms with Crippen LogP contribution in [-0.2, 0) is 0 Å². The van der Waals surface area contributed by atoms with Crippen molar-refractivity contribution in [1.82, 2.24) is 15.6 Å². The molecule has 1 heterocycles. The number of urea groups is 1. The van der Waals surface area contributed by atoms with E-state index in [2.05, 4.69) is 20.7 Å².